The summed E-state index contributed by atoms with van der Waals surface area (Å²) in [7, 11) is 0. The molecule has 170 valence electrons. The summed E-state index contributed by atoms with van der Waals surface area (Å²) in [5.74, 6) is 1.10. The number of hydrogen-bond donors (Lipinski definition) is 1. The van der Waals surface area contributed by atoms with Gasteiger partial charge in [0.05, 0.1) is 11.3 Å². The predicted molar refractivity (Wildman–Crippen MR) is 129 cm³/mol. The largest absolute Gasteiger partial charge is 0.368 e. The minimum absolute atomic E-state index is 0.0901. The number of para-hydroxylation sites is 1. The molecule has 0 amide bonds. The van der Waals surface area contributed by atoms with Crippen molar-refractivity contribution in [3.63, 3.8) is 0 Å². The van der Waals surface area contributed by atoms with E-state index in [2.05, 4.69) is 29.0 Å². The number of aromatic nitrogens is 2. The van der Waals surface area contributed by atoms with E-state index in [-0.39, 0.29) is 17.0 Å². The molecule has 0 unspecified atom stereocenters. The number of carbonyl (C=O) groups excluding carboxylic acids is 1. The number of halogens is 1. The average molecular weight is 446 g/mol. The third-order valence-electron chi connectivity index (χ3n) is 6.33. The Bertz CT molecular complexity index is 1160. The number of nitrogens with one attached hydrogen (secondary N) is 1. The van der Waals surface area contributed by atoms with Crippen LogP contribution in [0, 0.1) is 11.2 Å². The van der Waals surface area contributed by atoms with Gasteiger partial charge in [-0.3, -0.25) is 4.79 Å². The molecule has 1 aromatic heterocycles. The molecule has 0 radical (unpaired) electrons. The highest BCUT2D eigenvalue weighted by molar-refractivity contribution is 6.03. The van der Waals surface area contributed by atoms with Crippen molar-refractivity contribution in [2.24, 2.45) is 5.41 Å². The fourth-order valence-electron chi connectivity index (χ4n) is 4.66. The fraction of sp³-hybridized carbons (Fsp3) is 0.346. The molecule has 6 nitrogen and oxygen atoms in total. The Hall–Kier alpha value is -3.48. The van der Waals surface area contributed by atoms with E-state index in [9.17, 15) is 9.18 Å². The highest BCUT2D eigenvalue weighted by Gasteiger charge is 2.35. The number of anilines is 4. The third kappa shape index (κ3) is 4.53. The molecule has 1 aliphatic heterocycles. The molecule has 33 heavy (non-hydrogen) atoms. The predicted octanol–water partition coefficient (Wildman–Crippen LogP) is 4.84. The quantitative estimate of drug-likeness (QED) is 0.620. The van der Waals surface area contributed by atoms with Gasteiger partial charge in [0.1, 0.15) is 11.6 Å². The van der Waals surface area contributed by atoms with Crippen LogP contribution >= 0.6 is 0 Å². The molecule has 2 aromatic carbocycles. The van der Waals surface area contributed by atoms with Crippen molar-refractivity contribution >= 4 is 28.9 Å². The first-order valence-electron chi connectivity index (χ1n) is 11.4. The minimum atomic E-state index is -0.226. The second kappa shape index (κ2) is 8.46. The number of Topliss-reactive ketones (excluding diaryl/α,β-unsaturated/α-hetero) is 1. The second-order valence-corrected chi connectivity index (χ2v) is 9.58. The molecule has 0 bridgehead atoms. The summed E-state index contributed by atoms with van der Waals surface area (Å²) in [6.45, 7) is 7.30. The van der Waals surface area contributed by atoms with Crippen LogP contribution in [0.1, 0.15) is 36.3 Å². The molecule has 1 saturated heterocycles. The first-order chi connectivity index (χ1) is 15.9. The maximum Gasteiger partial charge on any atom is 0.227 e. The maximum atomic E-state index is 13.3. The number of fused-ring (bicyclic) bond motifs is 1. The number of nitrogens with zero attached hydrogens (tertiary/aromatic N) is 4. The van der Waals surface area contributed by atoms with Crippen LogP contribution < -0.4 is 15.1 Å². The van der Waals surface area contributed by atoms with E-state index in [4.69, 9.17) is 9.97 Å². The highest BCUT2D eigenvalue weighted by Crippen LogP contribution is 2.38. The normalized spacial score (nSPS) is 17.6. The zero-order valence-corrected chi connectivity index (χ0v) is 19.0. The van der Waals surface area contributed by atoms with Gasteiger partial charge in [-0.05, 0) is 48.2 Å². The first kappa shape index (κ1) is 21.4. The summed E-state index contributed by atoms with van der Waals surface area (Å²) in [6.07, 6.45) is 1.23. The van der Waals surface area contributed by atoms with Crippen molar-refractivity contribution in [2.45, 2.75) is 26.7 Å². The van der Waals surface area contributed by atoms with Crippen LogP contribution in [0.5, 0.6) is 0 Å². The molecule has 1 N–H and O–H groups in total. The molecule has 2 aliphatic rings. The maximum absolute atomic E-state index is 13.3. The Balaban J connectivity index is 1.43. The smallest absolute Gasteiger partial charge is 0.227 e. The molecule has 1 fully saturated rings. The number of hydrogen-bond acceptors (Lipinski definition) is 6. The highest BCUT2D eigenvalue weighted by atomic mass is 19.1. The van der Waals surface area contributed by atoms with Gasteiger partial charge >= 0.3 is 0 Å². The van der Waals surface area contributed by atoms with E-state index in [1.165, 1.54) is 12.1 Å². The minimum Gasteiger partial charge on any atom is -0.368 e. The molecular formula is C26H28FN5O. The Kier molecular flexibility index (Phi) is 5.48. The summed E-state index contributed by atoms with van der Waals surface area (Å²) < 4.78 is 13.3. The van der Waals surface area contributed by atoms with Crippen molar-refractivity contribution < 1.29 is 9.18 Å². The molecule has 2 heterocycles. The summed E-state index contributed by atoms with van der Waals surface area (Å²) in [6, 6.07) is 16.4. The summed E-state index contributed by atoms with van der Waals surface area (Å²) in [5.41, 5.74) is 3.22. The van der Waals surface area contributed by atoms with Gasteiger partial charge < -0.3 is 15.1 Å². The van der Waals surface area contributed by atoms with E-state index in [0.717, 1.165) is 49.7 Å². The SMILES string of the molecule is CC1(C)CC(=O)c2c(nc(N3CCN(c4ccc(F)cc4)CC3)nc2Nc2ccccc2)C1. The van der Waals surface area contributed by atoms with Crippen LogP contribution in [0.15, 0.2) is 54.6 Å². The zero-order chi connectivity index (χ0) is 23.0. The standard InChI is InChI=1S/C26H28FN5O/c1-26(2)16-21-23(22(33)17-26)24(28-19-6-4-3-5-7-19)30-25(29-21)32-14-12-31(13-15-32)20-10-8-18(27)9-11-20/h3-11H,12-17H2,1-2H3,(H,28,29,30). The monoisotopic (exact) mass is 445 g/mol. The van der Waals surface area contributed by atoms with Gasteiger partial charge in [0.2, 0.25) is 5.95 Å². The molecule has 1 aliphatic carbocycles. The first-order valence-corrected chi connectivity index (χ1v) is 11.4. The molecular weight excluding hydrogens is 417 g/mol. The van der Waals surface area contributed by atoms with Crippen molar-refractivity contribution in [3.05, 3.63) is 71.7 Å². The second-order valence-electron chi connectivity index (χ2n) is 9.58. The van der Waals surface area contributed by atoms with Gasteiger partial charge in [-0.25, -0.2) is 9.37 Å². The number of rotatable bonds is 4. The van der Waals surface area contributed by atoms with Gasteiger partial charge in [-0.2, -0.15) is 4.98 Å². The molecule has 5 rings (SSSR count). The number of benzene rings is 2. The van der Waals surface area contributed by atoms with Gasteiger partial charge in [-0.1, -0.05) is 32.0 Å². The van der Waals surface area contributed by atoms with Crippen LogP contribution in [0.3, 0.4) is 0 Å². The van der Waals surface area contributed by atoms with Crippen molar-refractivity contribution in [3.8, 4) is 0 Å². The number of ketones is 1. The topological polar surface area (TPSA) is 61.4 Å². The van der Waals surface area contributed by atoms with Gasteiger partial charge in [0.25, 0.3) is 0 Å². The Labute approximate surface area is 193 Å². The van der Waals surface area contributed by atoms with Gasteiger partial charge in [0, 0.05) is 44.0 Å². The summed E-state index contributed by atoms with van der Waals surface area (Å²) >= 11 is 0. The fourth-order valence-corrected chi connectivity index (χ4v) is 4.66. The van der Waals surface area contributed by atoms with Crippen molar-refractivity contribution in [1.29, 1.82) is 0 Å². The average Bonchev–Trinajstić information content (AvgIpc) is 2.79. The lowest BCUT2D eigenvalue weighted by molar-refractivity contribution is 0.0911. The Morgan fingerprint density at radius 3 is 2.24 bits per heavy atom. The van der Waals surface area contributed by atoms with E-state index < -0.39 is 0 Å². The van der Waals surface area contributed by atoms with Crippen molar-refractivity contribution in [1.82, 2.24) is 9.97 Å². The van der Waals surface area contributed by atoms with E-state index in [0.29, 0.717) is 23.8 Å². The van der Waals surface area contributed by atoms with Gasteiger partial charge in [-0.15, -0.1) is 0 Å². The molecule has 0 atom stereocenters. The van der Waals surface area contributed by atoms with E-state index in [1.54, 1.807) is 0 Å². The number of piperazine rings is 1. The lowest BCUT2D eigenvalue weighted by Gasteiger charge is -2.37. The molecule has 7 heteroatoms. The van der Waals surface area contributed by atoms with Crippen LogP contribution in [0.2, 0.25) is 0 Å². The lowest BCUT2D eigenvalue weighted by Crippen LogP contribution is -2.47. The molecule has 0 saturated carbocycles. The van der Waals surface area contributed by atoms with Gasteiger partial charge in [0.15, 0.2) is 5.78 Å². The third-order valence-corrected chi connectivity index (χ3v) is 6.33. The van der Waals surface area contributed by atoms with E-state index >= 15 is 0 Å². The Morgan fingerprint density at radius 1 is 0.879 bits per heavy atom. The Morgan fingerprint density at radius 2 is 1.55 bits per heavy atom. The molecule has 3 aromatic rings. The zero-order valence-electron chi connectivity index (χ0n) is 19.0. The van der Waals surface area contributed by atoms with E-state index in [1.807, 2.05) is 42.5 Å². The van der Waals surface area contributed by atoms with Crippen LogP contribution in [-0.2, 0) is 6.42 Å². The van der Waals surface area contributed by atoms with Crippen LogP contribution in [-0.4, -0.2) is 41.9 Å². The van der Waals surface area contributed by atoms with Crippen molar-refractivity contribution in [2.75, 3.05) is 41.3 Å². The lowest BCUT2D eigenvalue weighted by atomic mass is 9.75. The molecule has 0 spiro atoms. The van der Waals surface area contributed by atoms with Crippen LogP contribution in [0.25, 0.3) is 0 Å². The number of carbonyl (C=O) groups is 1. The van der Waals surface area contributed by atoms with Crippen LogP contribution in [0.4, 0.5) is 27.5 Å². The summed E-state index contributed by atoms with van der Waals surface area (Å²) in [5, 5.41) is 3.36. The summed E-state index contributed by atoms with van der Waals surface area (Å²) in [4.78, 5) is 27.2.